The van der Waals surface area contributed by atoms with Crippen LogP contribution in [0, 0.1) is 5.92 Å². The summed E-state index contributed by atoms with van der Waals surface area (Å²) in [6.45, 7) is 6.54. The van der Waals surface area contributed by atoms with Gasteiger partial charge in [0, 0.05) is 9.41 Å². The number of hydrogen-bond donors (Lipinski definition) is 0. The summed E-state index contributed by atoms with van der Waals surface area (Å²) in [5.74, 6) is 0.531. The predicted molar refractivity (Wildman–Crippen MR) is 96.5 cm³/mol. The van der Waals surface area contributed by atoms with Gasteiger partial charge in [0.15, 0.2) is 0 Å². The highest BCUT2D eigenvalue weighted by atomic mass is 32.1. The lowest BCUT2D eigenvalue weighted by atomic mass is 9.96. The van der Waals surface area contributed by atoms with E-state index < -0.39 is 0 Å². The lowest BCUT2D eigenvalue weighted by Gasteiger charge is -2.09. The van der Waals surface area contributed by atoms with Crippen molar-refractivity contribution in [3.63, 3.8) is 0 Å². The third-order valence-electron chi connectivity index (χ3n) is 4.16. The zero-order valence-corrected chi connectivity index (χ0v) is 13.8. The van der Waals surface area contributed by atoms with Gasteiger partial charge in [-0.1, -0.05) is 49.5 Å². The zero-order valence-electron chi connectivity index (χ0n) is 13.0. The monoisotopic (exact) mass is 294 g/mol. The molecule has 2 aliphatic carbocycles. The molecule has 1 heteroatoms. The third kappa shape index (κ3) is 2.75. The molecule has 0 aromatic carbocycles. The van der Waals surface area contributed by atoms with Crippen LogP contribution in [0.2, 0.25) is 0 Å². The highest BCUT2D eigenvalue weighted by Gasteiger charge is 2.14. The second-order valence-electron chi connectivity index (χ2n) is 5.80. The second kappa shape index (κ2) is 6.03. The summed E-state index contributed by atoms with van der Waals surface area (Å²) in [4.78, 5) is 1.41. The van der Waals surface area contributed by atoms with E-state index >= 15 is 0 Å². The molecule has 0 saturated carbocycles. The summed E-state index contributed by atoms with van der Waals surface area (Å²) >= 11 is 1.95. The first-order chi connectivity index (χ1) is 10.2. The van der Waals surface area contributed by atoms with Crippen LogP contribution in [-0.2, 0) is 0 Å². The number of rotatable bonds is 2. The molecule has 3 rings (SSSR count). The standard InChI is InChI=1S/C20H22S/c1-4-5-7-15(3)16-8-6-9-18-17-12-10-14(2)11-13-19(17)21-20(16)18/h4-5,7,9-14H,6,8H2,1-3H3/b5-4-,15-7+. The zero-order chi connectivity index (χ0) is 14.8. The Morgan fingerprint density at radius 3 is 2.90 bits per heavy atom. The summed E-state index contributed by atoms with van der Waals surface area (Å²) in [5, 5.41) is 1.46. The first-order valence-corrected chi connectivity index (χ1v) is 8.55. The van der Waals surface area contributed by atoms with Crippen molar-refractivity contribution < 1.29 is 0 Å². The lowest BCUT2D eigenvalue weighted by molar-refractivity contribution is 0.954. The van der Waals surface area contributed by atoms with Crippen molar-refractivity contribution in [2.24, 2.45) is 5.92 Å². The number of hydrogen-bond acceptors (Lipinski definition) is 1. The first-order valence-electron chi connectivity index (χ1n) is 7.73. The van der Waals surface area contributed by atoms with E-state index in [1.54, 1.807) is 0 Å². The van der Waals surface area contributed by atoms with Crippen LogP contribution in [0.5, 0.6) is 0 Å². The van der Waals surface area contributed by atoms with E-state index in [1.165, 1.54) is 31.3 Å². The Bertz CT molecular complexity index is 779. The van der Waals surface area contributed by atoms with Crippen LogP contribution >= 0.6 is 11.3 Å². The number of fused-ring (bicyclic) bond motifs is 3. The number of allylic oxidation sites excluding steroid dienone is 6. The molecule has 1 heterocycles. The van der Waals surface area contributed by atoms with Crippen molar-refractivity contribution >= 4 is 35.1 Å². The Balaban J connectivity index is 2.24. The molecule has 0 N–H and O–H groups in total. The van der Waals surface area contributed by atoms with Crippen molar-refractivity contribution in [3.05, 3.63) is 56.1 Å². The molecule has 1 unspecified atom stereocenters. The fourth-order valence-electron chi connectivity index (χ4n) is 2.94. The second-order valence-corrected chi connectivity index (χ2v) is 6.85. The predicted octanol–water partition coefficient (Wildman–Crippen LogP) is 4.67. The summed E-state index contributed by atoms with van der Waals surface area (Å²) in [6, 6.07) is 0. The molecular weight excluding hydrogens is 272 g/mol. The van der Waals surface area contributed by atoms with E-state index in [0.717, 1.165) is 12.8 Å². The van der Waals surface area contributed by atoms with Crippen molar-refractivity contribution in [1.29, 1.82) is 0 Å². The minimum absolute atomic E-state index is 0.531. The van der Waals surface area contributed by atoms with Gasteiger partial charge in [-0.25, -0.2) is 0 Å². The van der Waals surface area contributed by atoms with E-state index in [9.17, 15) is 0 Å². The largest absolute Gasteiger partial charge is 0.135 e. The minimum atomic E-state index is 0.531. The summed E-state index contributed by atoms with van der Waals surface area (Å²) < 4.78 is 1.48. The molecule has 21 heavy (non-hydrogen) atoms. The lowest BCUT2D eigenvalue weighted by Crippen LogP contribution is -2.26. The highest BCUT2D eigenvalue weighted by molar-refractivity contribution is 7.11. The minimum Gasteiger partial charge on any atom is -0.135 e. The fourth-order valence-corrected chi connectivity index (χ4v) is 4.28. The molecule has 0 radical (unpaired) electrons. The van der Waals surface area contributed by atoms with Crippen LogP contribution in [-0.4, -0.2) is 0 Å². The molecule has 0 bridgehead atoms. The molecule has 0 saturated heterocycles. The molecule has 0 spiro atoms. The van der Waals surface area contributed by atoms with E-state index in [4.69, 9.17) is 0 Å². The van der Waals surface area contributed by atoms with Gasteiger partial charge in [-0.05, 0) is 60.6 Å². The quantitative estimate of drug-likeness (QED) is 0.695. The topological polar surface area (TPSA) is 0 Å². The van der Waals surface area contributed by atoms with Crippen molar-refractivity contribution in [3.8, 4) is 0 Å². The van der Waals surface area contributed by atoms with Crippen molar-refractivity contribution in [2.75, 3.05) is 0 Å². The number of thiophene rings is 1. The SMILES string of the molecule is C/C=C\C=C(/C)C1=c2sc3c(c2=CCC1)C=CC(C)C=C3. The van der Waals surface area contributed by atoms with Crippen LogP contribution in [0.25, 0.3) is 23.8 Å². The van der Waals surface area contributed by atoms with Gasteiger partial charge >= 0.3 is 0 Å². The molecule has 0 aliphatic heterocycles. The first kappa shape index (κ1) is 14.3. The average molecular weight is 294 g/mol. The molecule has 1 atom stereocenters. The third-order valence-corrected chi connectivity index (χ3v) is 5.41. The molecule has 0 fully saturated rings. The van der Waals surface area contributed by atoms with Gasteiger partial charge in [0.25, 0.3) is 0 Å². The van der Waals surface area contributed by atoms with Gasteiger partial charge in [0.1, 0.15) is 0 Å². The van der Waals surface area contributed by atoms with Gasteiger partial charge in [0.2, 0.25) is 0 Å². The molecule has 1 aromatic rings. The Hall–Kier alpha value is -1.60. The normalized spacial score (nSPS) is 21.2. The van der Waals surface area contributed by atoms with E-state index in [-0.39, 0.29) is 0 Å². The summed E-state index contributed by atoms with van der Waals surface area (Å²) in [5.41, 5.74) is 4.35. The molecule has 2 aliphatic rings. The maximum atomic E-state index is 2.42. The van der Waals surface area contributed by atoms with Crippen molar-refractivity contribution in [1.82, 2.24) is 0 Å². The molecule has 0 nitrogen and oxygen atoms in total. The maximum absolute atomic E-state index is 2.42. The average Bonchev–Trinajstić information content (AvgIpc) is 2.75. The van der Waals surface area contributed by atoms with E-state index in [0.29, 0.717) is 5.92 Å². The Morgan fingerprint density at radius 2 is 2.10 bits per heavy atom. The van der Waals surface area contributed by atoms with Crippen molar-refractivity contribution in [2.45, 2.75) is 33.6 Å². The molecule has 0 amide bonds. The Labute approximate surface area is 131 Å². The van der Waals surface area contributed by atoms with Crippen LogP contribution in [0.15, 0.2) is 36.0 Å². The van der Waals surface area contributed by atoms with Gasteiger partial charge in [0.05, 0.1) is 0 Å². The maximum Gasteiger partial charge on any atom is 0.0386 e. The van der Waals surface area contributed by atoms with E-state index in [1.807, 2.05) is 11.3 Å². The van der Waals surface area contributed by atoms with Crippen LogP contribution in [0.3, 0.4) is 0 Å². The highest BCUT2D eigenvalue weighted by Crippen LogP contribution is 2.24. The van der Waals surface area contributed by atoms with E-state index in [2.05, 4.69) is 69.4 Å². The fraction of sp³-hybridized carbons (Fsp3) is 0.300. The van der Waals surface area contributed by atoms with Crippen LogP contribution in [0.1, 0.15) is 44.1 Å². The Morgan fingerprint density at radius 1 is 1.29 bits per heavy atom. The molecule has 108 valence electrons. The smallest absolute Gasteiger partial charge is 0.0386 e. The Kier molecular flexibility index (Phi) is 4.12. The van der Waals surface area contributed by atoms with Gasteiger partial charge in [-0.2, -0.15) is 0 Å². The molecular formula is C20H22S. The van der Waals surface area contributed by atoms with Gasteiger partial charge < -0.3 is 0 Å². The summed E-state index contributed by atoms with van der Waals surface area (Å²) in [7, 11) is 0. The van der Waals surface area contributed by atoms with Crippen LogP contribution in [0.4, 0.5) is 0 Å². The van der Waals surface area contributed by atoms with Crippen LogP contribution < -0.4 is 9.75 Å². The molecule has 1 aromatic heterocycles. The van der Waals surface area contributed by atoms with Gasteiger partial charge in [-0.15, -0.1) is 11.3 Å². The van der Waals surface area contributed by atoms with Gasteiger partial charge in [-0.3, -0.25) is 0 Å². The summed E-state index contributed by atoms with van der Waals surface area (Å²) in [6.07, 6.45) is 20.4.